The molecule has 1 saturated carbocycles. The summed E-state index contributed by atoms with van der Waals surface area (Å²) in [4.78, 5) is 0. The van der Waals surface area contributed by atoms with Crippen LogP contribution in [0.25, 0.3) is 0 Å². The summed E-state index contributed by atoms with van der Waals surface area (Å²) < 4.78 is 0. The summed E-state index contributed by atoms with van der Waals surface area (Å²) in [5.74, 6) is 1.03. The molecule has 0 spiro atoms. The number of nitrogens with one attached hydrogen (secondary N) is 1. The molecule has 1 unspecified atom stereocenters. The molecule has 1 aliphatic rings. The van der Waals surface area contributed by atoms with Gasteiger partial charge < -0.3 is 15.5 Å². The molecular formula is C16H25NO2. The largest absolute Gasteiger partial charge is 0.508 e. The Morgan fingerprint density at radius 2 is 1.89 bits per heavy atom. The third-order valence-corrected chi connectivity index (χ3v) is 4.19. The van der Waals surface area contributed by atoms with E-state index >= 15 is 0 Å². The first-order valence-electron chi connectivity index (χ1n) is 7.40. The zero-order valence-corrected chi connectivity index (χ0v) is 11.7. The van der Waals surface area contributed by atoms with Crippen LogP contribution in [0.5, 0.6) is 5.75 Å². The lowest BCUT2D eigenvalue weighted by atomic mass is 9.87. The molecule has 1 fully saturated rings. The van der Waals surface area contributed by atoms with Crippen molar-refractivity contribution in [3.05, 3.63) is 29.8 Å². The van der Waals surface area contributed by atoms with Crippen molar-refractivity contribution in [2.45, 2.75) is 51.2 Å². The van der Waals surface area contributed by atoms with Crippen molar-refractivity contribution in [1.82, 2.24) is 5.32 Å². The number of hydrogen-bond acceptors (Lipinski definition) is 3. The third kappa shape index (κ3) is 3.95. The standard InChI is InChI=1S/C16H25NO2/c1-2-15(14-5-3-4-6-16(14)19)17-11-12-7-9-13(18)10-8-12/h3-6,12-13,15,17-19H,2,7-11H2,1H3. The second-order valence-electron chi connectivity index (χ2n) is 5.60. The van der Waals surface area contributed by atoms with Crippen LogP contribution in [0.4, 0.5) is 0 Å². The first-order chi connectivity index (χ1) is 9.20. The summed E-state index contributed by atoms with van der Waals surface area (Å²) in [6, 6.07) is 7.77. The number of aliphatic hydroxyl groups is 1. The maximum atomic E-state index is 9.91. The molecule has 0 amide bonds. The van der Waals surface area contributed by atoms with Gasteiger partial charge >= 0.3 is 0 Å². The lowest BCUT2D eigenvalue weighted by molar-refractivity contribution is 0.107. The maximum Gasteiger partial charge on any atom is 0.120 e. The fourth-order valence-corrected chi connectivity index (χ4v) is 2.91. The minimum atomic E-state index is -0.0867. The number of aromatic hydroxyl groups is 1. The highest BCUT2D eigenvalue weighted by molar-refractivity contribution is 5.34. The number of aliphatic hydroxyl groups excluding tert-OH is 1. The highest BCUT2D eigenvalue weighted by Crippen LogP contribution is 2.28. The minimum absolute atomic E-state index is 0.0867. The first kappa shape index (κ1) is 14.4. The van der Waals surface area contributed by atoms with E-state index in [1.54, 1.807) is 6.07 Å². The number of hydrogen-bond donors (Lipinski definition) is 3. The monoisotopic (exact) mass is 263 g/mol. The normalized spacial score (nSPS) is 25.2. The number of benzene rings is 1. The van der Waals surface area contributed by atoms with Crippen molar-refractivity contribution in [2.75, 3.05) is 6.54 Å². The number of para-hydroxylation sites is 1. The van der Waals surface area contributed by atoms with Gasteiger partial charge in [0.05, 0.1) is 6.10 Å². The maximum absolute atomic E-state index is 9.91. The van der Waals surface area contributed by atoms with Crippen LogP contribution >= 0.6 is 0 Å². The summed E-state index contributed by atoms with van der Waals surface area (Å²) in [6.45, 7) is 3.11. The van der Waals surface area contributed by atoms with Gasteiger partial charge in [0.1, 0.15) is 5.75 Å². The van der Waals surface area contributed by atoms with Gasteiger partial charge in [-0.1, -0.05) is 25.1 Å². The molecule has 0 saturated heterocycles. The molecule has 0 aromatic heterocycles. The van der Waals surface area contributed by atoms with Crippen LogP contribution in [0.15, 0.2) is 24.3 Å². The van der Waals surface area contributed by atoms with Crippen LogP contribution in [0, 0.1) is 5.92 Å². The predicted octanol–water partition coefficient (Wildman–Crippen LogP) is 2.98. The molecule has 106 valence electrons. The molecule has 2 rings (SSSR count). The summed E-state index contributed by atoms with van der Waals surface area (Å²) >= 11 is 0. The number of rotatable bonds is 5. The van der Waals surface area contributed by atoms with Gasteiger partial charge in [0.25, 0.3) is 0 Å². The van der Waals surface area contributed by atoms with E-state index < -0.39 is 0 Å². The summed E-state index contributed by atoms with van der Waals surface area (Å²) in [7, 11) is 0. The minimum Gasteiger partial charge on any atom is -0.508 e. The van der Waals surface area contributed by atoms with E-state index in [1.165, 1.54) is 0 Å². The van der Waals surface area contributed by atoms with Crippen LogP contribution in [-0.4, -0.2) is 22.9 Å². The topological polar surface area (TPSA) is 52.5 Å². The van der Waals surface area contributed by atoms with Gasteiger partial charge in [-0.25, -0.2) is 0 Å². The van der Waals surface area contributed by atoms with Gasteiger partial charge in [-0.05, 0) is 50.6 Å². The highest BCUT2D eigenvalue weighted by Gasteiger charge is 2.20. The van der Waals surface area contributed by atoms with Crippen LogP contribution in [-0.2, 0) is 0 Å². The molecule has 1 aromatic carbocycles. The van der Waals surface area contributed by atoms with Crippen molar-refractivity contribution >= 4 is 0 Å². The Bertz CT molecular complexity index is 386. The van der Waals surface area contributed by atoms with E-state index in [1.807, 2.05) is 18.2 Å². The van der Waals surface area contributed by atoms with Gasteiger partial charge in [0.2, 0.25) is 0 Å². The lowest BCUT2D eigenvalue weighted by Gasteiger charge is -2.28. The molecule has 19 heavy (non-hydrogen) atoms. The molecule has 0 radical (unpaired) electrons. The molecule has 1 aliphatic carbocycles. The average molecular weight is 263 g/mol. The van der Waals surface area contributed by atoms with Crippen LogP contribution in [0.2, 0.25) is 0 Å². The molecular weight excluding hydrogens is 238 g/mol. The summed E-state index contributed by atoms with van der Waals surface area (Å²) in [6.07, 6.45) is 4.94. The Hall–Kier alpha value is -1.06. The van der Waals surface area contributed by atoms with Crippen molar-refractivity contribution < 1.29 is 10.2 Å². The van der Waals surface area contributed by atoms with E-state index in [0.717, 1.165) is 44.2 Å². The van der Waals surface area contributed by atoms with Gasteiger partial charge in [0.15, 0.2) is 0 Å². The van der Waals surface area contributed by atoms with E-state index in [0.29, 0.717) is 11.7 Å². The van der Waals surface area contributed by atoms with Crippen molar-refractivity contribution in [2.24, 2.45) is 5.92 Å². The smallest absolute Gasteiger partial charge is 0.120 e. The lowest BCUT2D eigenvalue weighted by Crippen LogP contribution is -2.30. The molecule has 1 atom stereocenters. The zero-order valence-electron chi connectivity index (χ0n) is 11.7. The van der Waals surface area contributed by atoms with E-state index in [4.69, 9.17) is 0 Å². The van der Waals surface area contributed by atoms with Crippen molar-refractivity contribution in [3.8, 4) is 5.75 Å². The number of phenols is 1. The zero-order chi connectivity index (χ0) is 13.7. The van der Waals surface area contributed by atoms with Crippen molar-refractivity contribution in [3.63, 3.8) is 0 Å². The predicted molar refractivity (Wildman–Crippen MR) is 77.1 cm³/mol. The van der Waals surface area contributed by atoms with Crippen LogP contribution < -0.4 is 5.32 Å². The fraction of sp³-hybridized carbons (Fsp3) is 0.625. The summed E-state index contributed by atoms with van der Waals surface area (Å²) in [5, 5.41) is 23.0. The van der Waals surface area contributed by atoms with E-state index in [2.05, 4.69) is 12.2 Å². The average Bonchev–Trinajstić information content (AvgIpc) is 2.43. The number of phenolic OH excluding ortho intramolecular Hbond substituents is 1. The molecule has 1 aromatic rings. The third-order valence-electron chi connectivity index (χ3n) is 4.19. The Morgan fingerprint density at radius 1 is 1.21 bits per heavy atom. The molecule has 3 nitrogen and oxygen atoms in total. The second kappa shape index (κ2) is 6.92. The molecule has 3 N–H and O–H groups in total. The molecule has 0 heterocycles. The van der Waals surface area contributed by atoms with E-state index in [9.17, 15) is 10.2 Å². The molecule has 3 heteroatoms. The molecule has 0 bridgehead atoms. The Kier molecular flexibility index (Phi) is 5.23. The van der Waals surface area contributed by atoms with Crippen molar-refractivity contribution in [1.29, 1.82) is 0 Å². The van der Waals surface area contributed by atoms with Gasteiger partial charge in [-0.15, -0.1) is 0 Å². The quantitative estimate of drug-likeness (QED) is 0.765. The van der Waals surface area contributed by atoms with Gasteiger partial charge in [-0.2, -0.15) is 0 Å². The summed E-state index contributed by atoms with van der Waals surface area (Å²) in [5.41, 5.74) is 0.987. The Balaban J connectivity index is 1.88. The van der Waals surface area contributed by atoms with Crippen LogP contribution in [0.1, 0.15) is 50.6 Å². The van der Waals surface area contributed by atoms with Crippen LogP contribution in [0.3, 0.4) is 0 Å². The first-order valence-corrected chi connectivity index (χ1v) is 7.40. The molecule has 0 aliphatic heterocycles. The second-order valence-corrected chi connectivity index (χ2v) is 5.60. The van der Waals surface area contributed by atoms with E-state index in [-0.39, 0.29) is 12.1 Å². The Morgan fingerprint density at radius 3 is 2.53 bits per heavy atom. The highest BCUT2D eigenvalue weighted by atomic mass is 16.3. The fourth-order valence-electron chi connectivity index (χ4n) is 2.91. The van der Waals surface area contributed by atoms with Gasteiger partial charge in [0, 0.05) is 11.6 Å². The van der Waals surface area contributed by atoms with Gasteiger partial charge in [-0.3, -0.25) is 0 Å². The SMILES string of the molecule is CCC(NCC1CCC(O)CC1)c1ccccc1O. The Labute approximate surface area is 115 Å².